The number of carboxylic acids is 1. The number of rotatable bonds is 7. The molecule has 0 saturated carbocycles. The first kappa shape index (κ1) is 15.4. The molecule has 0 fully saturated rings. The van der Waals surface area contributed by atoms with Gasteiger partial charge in [-0.3, -0.25) is 4.79 Å². The molecule has 1 atom stereocenters. The lowest BCUT2D eigenvalue weighted by Gasteiger charge is -2.13. The summed E-state index contributed by atoms with van der Waals surface area (Å²) >= 11 is 1.28. The third kappa shape index (κ3) is 5.23. The highest BCUT2D eigenvalue weighted by molar-refractivity contribution is 7.12. The molecular formula is C13H17NO4S. The second-order valence-electron chi connectivity index (χ2n) is 3.91. The number of nitrogens with one attached hydrogen (secondary N) is 1. The molecule has 0 bridgehead atoms. The van der Waals surface area contributed by atoms with Gasteiger partial charge in [0.1, 0.15) is 0 Å². The molecule has 1 aromatic heterocycles. The van der Waals surface area contributed by atoms with Gasteiger partial charge in [-0.25, -0.2) is 4.79 Å². The number of thiophene rings is 1. The van der Waals surface area contributed by atoms with Gasteiger partial charge in [-0.1, -0.05) is 0 Å². The summed E-state index contributed by atoms with van der Waals surface area (Å²) in [6.07, 6.45) is 2.43. The van der Waals surface area contributed by atoms with Crippen molar-refractivity contribution in [2.75, 3.05) is 13.2 Å². The van der Waals surface area contributed by atoms with Crippen LogP contribution in [0, 0.1) is 0 Å². The summed E-state index contributed by atoms with van der Waals surface area (Å²) in [7, 11) is 0. The third-order valence-corrected chi connectivity index (χ3v) is 3.19. The fraction of sp³-hybridized carbons (Fsp3) is 0.385. The van der Waals surface area contributed by atoms with Crippen molar-refractivity contribution in [3.05, 3.63) is 28.0 Å². The third-order valence-electron chi connectivity index (χ3n) is 2.26. The van der Waals surface area contributed by atoms with Crippen molar-refractivity contribution in [1.82, 2.24) is 5.32 Å². The van der Waals surface area contributed by atoms with Crippen LogP contribution < -0.4 is 5.32 Å². The maximum absolute atomic E-state index is 12.0. The second-order valence-corrected chi connectivity index (χ2v) is 4.83. The second kappa shape index (κ2) is 7.70. The molecule has 6 heteroatoms. The molecule has 0 spiro atoms. The minimum Gasteiger partial charge on any atom is -0.478 e. The van der Waals surface area contributed by atoms with E-state index in [0.29, 0.717) is 23.7 Å². The Hall–Kier alpha value is -1.66. The van der Waals surface area contributed by atoms with E-state index in [-0.39, 0.29) is 11.9 Å². The molecule has 0 aliphatic rings. The summed E-state index contributed by atoms with van der Waals surface area (Å²) in [6.45, 7) is 4.80. The van der Waals surface area contributed by atoms with Gasteiger partial charge >= 0.3 is 5.97 Å². The van der Waals surface area contributed by atoms with Gasteiger partial charge < -0.3 is 15.2 Å². The summed E-state index contributed by atoms with van der Waals surface area (Å²) in [5, 5.41) is 13.1. The molecule has 104 valence electrons. The summed E-state index contributed by atoms with van der Waals surface area (Å²) in [5.74, 6) is -1.26. The highest BCUT2D eigenvalue weighted by Gasteiger charge is 2.14. The summed E-state index contributed by atoms with van der Waals surface area (Å²) < 4.78 is 5.22. The zero-order chi connectivity index (χ0) is 14.3. The van der Waals surface area contributed by atoms with Crippen LogP contribution in [0.2, 0.25) is 0 Å². The summed E-state index contributed by atoms with van der Waals surface area (Å²) in [5.41, 5.74) is 0.605. The van der Waals surface area contributed by atoms with Gasteiger partial charge in [0, 0.05) is 18.7 Å². The van der Waals surface area contributed by atoms with E-state index in [9.17, 15) is 9.59 Å². The van der Waals surface area contributed by atoms with Crippen LogP contribution in [0.5, 0.6) is 0 Å². The predicted octanol–water partition coefficient (Wildman–Crippen LogP) is 2.00. The molecule has 1 heterocycles. The zero-order valence-electron chi connectivity index (χ0n) is 10.9. The van der Waals surface area contributed by atoms with Crippen molar-refractivity contribution in [2.45, 2.75) is 19.9 Å². The average Bonchev–Trinajstić information content (AvgIpc) is 2.82. The predicted molar refractivity (Wildman–Crippen MR) is 74.4 cm³/mol. The van der Waals surface area contributed by atoms with E-state index in [4.69, 9.17) is 9.84 Å². The minimum absolute atomic E-state index is 0.0918. The van der Waals surface area contributed by atoms with Crippen LogP contribution in [0.3, 0.4) is 0 Å². The van der Waals surface area contributed by atoms with Gasteiger partial charge in [-0.2, -0.15) is 0 Å². The maximum Gasteiger partial charge on any atom is 0.328 e. The number of carboxylic acid groups (broad SMARTS) is 1. The van der Waals surface area contributed by atoms with E-state index < -0.39 is 5.97 Å². The molecule has 0 aromatic carbocycles. The first-order valence-corrected chi connectivity index (χ1v) is 6.79. The lowest BCUT2D eigenvalue weighted by molar-refractivity contribution is -0.131. The quantitative estimate of drug-likeness (QED) is 0.750. The van der Waals surface area contributed by atoms with Crippen molar-refractivity contribution in [1.29, 1.82) is 0 Å². The Morgan fingerprint density at radius 2 is 2.32 bits per heavy atom. The minimum atomic E-state index is -1.04. The van der Waals surface area contributed by atoms with Crippen LogP contribution in [0.25, 0.3) is 6.08 Å². The normalized spacial score (nSPS) is 12.5. The summed E-state index contributed by atoms with van der Waals surface area (Å²) in [4.78, 5) is 23.0. The molecule has 0 aliphatic heterocycles. The van der Waals surface area contributed by atoms with Gasteiger partial charge in [-0.05, 0) is 36.9 Å². The zero-order valence-corrected chi connectivity index (χ0v) is 11.7. The molecular weight excluding hydrogens is 266 g/mol. The Labute approximate surface area is 115 Å². The van der Waals surface area contributed by atoms with E-state index >= 15 is 0 Å². The van der Waals surface area contributed by atoms with Crippen LogP contribution in [0.4, 0.5) is 0 Å². The smallest absolute Gasteiger partial charge is 0.328 e. The molecule has 5 nitrogen and oxygen atoms in total. The summed E-state index contributed by atoms with van der Waals surface area (Å²) in [6, 6.07) is 1.62. The molecule has 1 rings (SSSR count). The molecule has 1 aromatic rings. The fourth-order valence-corrected chi connectivity index (χ4v) is 2.21. The maximum atomic E-state index is 12.0. The molecule has 1 amide bonds. The van der Waals surface area contributed by atoms with E-state index in [1.165, 1.54) is 17.4 Å². The van der Waals surface area contributed by atoms with Crippen molar-refractivity contribution in [2.24, 2.45) is 0 Å². The topological polar surface area (TPSA) is 75.6 Å². The largest absolute Gasteiger partial charge is 0.478 e. The Morgan fingerprint density at radius 3 is 2.95 bits per heavy atom. The van der Waals surface area contributed by atoms with Crippen LogP contribution in [-0.4, -0.2) is 36.2 Å². The van der Waals surface area contributed by atoms with Gasteiger partial charge in [0.25, 0.3) is 5.91 Å². The first-order chi connectivity index (χ1) is 9.04. The van der Waals surface area contributed by atoms with E-state index in [2.05, 4.69) is 5.32 Å². The van der Waals surface area contributed by atoms with Crippen LogP contribution >= 0.6 is 11.3 Å². The highest BCUT2D eigenvalue weighted by atomic mass is 32.1. The van der Waals surface area contributed by atoms with Crippen LogP contribution in [0.15, 0.2) is 17.5 Å². The Kier molecular flexibility index (Phi) is 6.24. The monoisotopic (exact) mass is 283 g/mol. The van der Waals surface area contributed by atoms with Crippen LogP contribution in [0.1, 0.15) is 29.1 Å². The molecule has 2 N–H and O–H groups in total. The van der Waals surface area contributed by atoms with E-state index in [1.807, 2.05) is 13.8 Å². The van der Waals surface area contributed by atoms with Crippen molar-refractivity contribution in [3.63, 3.8) is 0 Å². The lowest BCUT2D eigenvalue weighted by atomic mass is 10.2. The van der Waals surface area contributed by atoms with Gasteiger partial charge in [0.05, 0.1) is 11.5 Å². The Morgan fingerprint density at radius 1 is 1.58 bits per heavy atom. The van der Waals surface area contributed by atoms with Gasteiger partial charge in [0.15, 0.2) is 0 Å². The van der Waals surface area contributed by atoms with Crippen molar-refractivity contribution < 1.29 is 19.4 Å². The first-order valence-electron chi connectivity index (χ1n) is 5.91. The molecule has 0 saturated heterocycles. The highest BCUT2D eigenvalue weighted by Crippen LogP contribution is 2.18. The van der Waals surface area contributed by atoms with Crippen LogP contribution in [-0.2, 0) is 9.53 Å². The van der Waals surface area contributed by atoms with Crippen molar-refractivity contribution in [3.8, 4) is 0 Å². The Balaban J connectivity index is 2.67. The number of ether oxygens (including phenoxy) is 1. The number of aliphatic carboxylic acids is 1. The average molecular weight is 283 g/mol. The van der Waals surface area contributed by atoms with Gasteiger partial charge in [-0.15, -0.1) is 11.3 Å². The molecule has 0 radical (unpaired) electrons. The van der Waals surface area contributed by atoms with E-state index in [0.717, 1.165) is 6.08 Å². The number of hydrogen-bond donors (Lipinski definition) is 2. The van der Waals surface area contributed by atoms with Crippen molar-refractivity contribution >= 4 is 29.3 Å². The number of carbonyl (C=O) groups excluding carboxylic acids is 1. The molecule has 19 heavy (non-hydrogen) atoms. The fourth-order valence-electron chi connectivity index (χ4n) is 1.42. The van der Waals surface area contributed by atoms with E-state index in [1.54, 1.807) is 11.4 Å². The lowest BCUT2D eigenvalue weighted by Crippen LogP contribution is -2.35. The standard InChI is InChI=1S/C13H17NO4S/c1-3-18-8-9(2)14-13(17)12-10(6-7-19-12)4-5-11(15)16/h4-7,9H,3,8H2,1-2H3,(H,14,17)(H,15,16). The SMILES string of the molecule is CCOCC(C)NC(=O)c1sccc1C=CC(=O)O. The number of amides is 1. The van der Waals surface area contributed by atoms with Gasteiger partial charge in [0.2, 0.25) is 0 Å². The number of carbonyl (C=O) groups is 2. The molecule has 1 unspecified atom stereocenters. The Bertz CT molecular complexity index is 467. The number of hydrogen-bond acceptors (Lipinski definition) is 4. The molecule has 0 aliphatic carbocycles.